The van der Waals surface area contributed by atoms with Gasteiger partial charge in [0.25, 0.3) is 0 Å². The van der Waals surface area contributed by atoms with Gasteiger partial charge < -0.3 is 14.2 Å². The van der Waals surface area contributed by atoms with E-state index in [1.807, 2.05) is 0 Å². The highest BCUT2D eigenvalue weighted by atomic mass is 16.7. The van der Waals surface area contributed by atoms with E-state index in [4.69, 9.17) is 14.2 Å². The first-order valence-corrected chi connectivity index (χ1v) is 5.39. The second-order valence-electron chi connectivity index (χ2n) is 3.90. The number of fused-ring (bicyclic) bond motifs is 1. The molecule has 0 bridgehead atoms. The van der Waals surface area contributed by atoms with Crippen molar-refractivity contribution < 1.29 is 19.0 Å². The Balaban J connectivity index is 1.85. The van der Waals surface area contributed by atoms with Crippen molar-refractivity contribution in [3.63, 3.8) is 0 Å². The van der Waals surface area contributed by atoms with Crippen LogP contribution in [0.3, 0.4) is 0 Å². The molecule has 84 valence electrons. The van der Waals surface area contributed by atoms with Gasteiger partial charge in [0.05, 0.1) is 12.2 Å². The molecule has 0 aromatic carbocycles. The van der Waals surface area contributed by atoms with Crippen LogP contribution in [0.1, 0.15) is 25.7 Å². The normalized spacial score (nSPS) is 35.3. The molecule has 3 unspecified atom stereocenters. The van der Waals surface area contributed by atoms with Crippen LogP contribution in [0.5, 0.6) is 0 Å². The highest BCUT2D eigenvalue weighted by Gasteiger charge is 2.35. The highest BCUT2D eigenvalue weighted by molar-refractivity contribution is 5.81. The lowest BCUT2D eigenvalue weighted by atomic mass is 9.94. The number of hydrogen-bond donors (Lipinski definition) is 0. The largest absolute Gasteiger partial charge is 0.430 e. The smallest absolute Gasteiger partial charge is 0.332 e. The lowest BCUT2D eigenvalue weighted by Gasteiger charge is -2.38. The van der Waals surface area contributed by atoms with Crippen LogP contribution in [-0.2, 0) is 19.0 Å². The number of ether oxygens (including phenoxy) is 3. The molecule has 1 aliphatic carbocycles. The molecule has 1 heterocycles. The molecule has 0 aromatic heterocycles. The van der Waals surface area contributed by atoms with E-state index >= 15 is 0 Å². The van der Waals surface area contributed by atoms with Crippen molar-refractivity contribution in [1.82, 2.24) is 0 Å². The number of hydrogen-bond acceptors (Lipinski definition) is 4. The topological polar surface area (TPSA) is 44.8 Å². The van der Waals surface area contributed by atoms with E-state index in [9.17, 15) is 4.79 Å². The zero-order chi connectivity index (χ0) is 10.7. The Labute approximate surface area is 89.2 Å². The van der Waals surface area contributed by atoms with E-state index in [0.29, 0.717) is 6.61 Å². The quantitative estimate of drug-likeness (QED) is 0.512. The predicted molar refractivity (Wildman–Crippen MR) is 53.2 cm³/mol. The first-order chi connectivity index (χ1) is 7.29. The van der Waals surface area contributed by atoms with Crippen molar-refractivity contribution in [2.75, 3.05) is 6.61 Å². The molecule has 1 saturated carbocycles. The molecule has 4 heteroatoms. The summed E-state index contributed by atoms with van der Waals surface area (Å²) >= 11 is 0. The first kappa shape index (κ1) is 10.6. The zero-order valence-electron chi connectivity index (χ0n) is 8.69. The van der Waals surface area contributed by atoms with Crippen LogP contribution in [-0.4, -0.2) is 31.1 Å². The summed E-state index contributed by atoms with van der Waals surface area (Å²) in [4.78, 5) is 11.0. The Morgan fingerprint density at radius 3 is 2.80 bits per heavy atom. The molecular weight excluding hydrogens is 196 g/mol. The molecule has 1 saturated heterocycles. The minimum atomic E-state index is -0.560. The molecule has 0 radical (unpaired) electrons. The zero-order valence-corrected chi connectivity index (χ0v) is 8.69. The summed E-state index contributed by atoms with van der Waals surface area (Å²) in [5, 5.41) is 0. The van der Waals surface area contributed by atoms with Crippen molar-refractivity contribution in [2.45, 2.75) is 44.2 Å². The van der Waals surface area contributed by atoms with Crippen LogP contribution < -0.4 is 0 Å². The standard InChI is InChI=1S/C11H16O4/c1-2-10(12)15-11-7-13-8-5-3-4-6-9(8)14-11/h2,8-9,11H,1,3-7H2. The summed E-state index contributed by atoms with van der Waals surface area (Å²) in [6.45, 7) is 3.67. The fraction of sp³-hybridized carbons (Fsp3) is 0.727. The third-order valence-corrected chi connectivity index (χ3v) is 2.83. The van der Waals surface area contributed by atoms with Crippen LogP contribution in [0, 0.1) is 0 Å². The lowest BCUT2D eigenvalue weighted by Crippen LogP contribution is -2.46. The molecule has 0 aromatic rings. The maximum absolute atomic E-state index is 11.0. The van der Waals surface area contributed by atoms with Crippen molar-refractivity contribution in [2.24, 2.45) is 0 Å². The molecule has 2 aliphatic rings. The van der Waals surface area contributed by atoms with E-state index in [1.165, 1.54) is 6.42 Å². The Bertz CT molecular complexity index is 251. The summed E-state index contributed by atoms with van der Waals surface area (Å²) in [5.41, 5.74) is 0. The third kappa shape index (κ3) is 2.58. The molecule has 2 rings (SSSR count). The average molecular weight is 212 g/mol. The molecule has 0 N–H and O–H groups in total. The number of carbonyl (C=O) groups excluding carboxylic acids is 1. The van der Waals surface area contributed by atoms with E-state index < -0.39 is 12.3 Å². The maximum atomic E-state index is 11.0. The second-order valence-corrected chi connectivity index (χ2v) is 3.90. The molecule has 1 aliphatic heterocycles. The van der Waals surface area contributed by atoms with Gasteiger partial charge in [-0.1, -0.05) is 19.4 Å². The minimum absolute atomic E-state index is 0.0927. The summed E-state index contributed by atoms with van der Waals surface area (Å²) in [7, 11) is 0. The van der Waals surface area contributed by atoms with E-state index in [2.05, 4.69) is 6.58 Å². The maximum Gasteiger partial charge on any atom is 0.332 e. The first-order valence-electron chi connectivity index (χ1n) is 5.39. The Morgan fingerprint density at radius 1 is 1.33 bits per heavy atom. The minimum Gasteiger partial charge on any atom is -0.430 e. The lowest BCUT2D eigenvalue weighted by molar-refractivity contribution is -0.264. The molecule has 3 atom stereocenters. The molecule has 4 nitrogen and oxygen atoms in total. The summed E-state index contributed by atoms with van der Waals surface area (Å²) in [6, 6.07) is 0. The van der Waals surface area contributed by atoms with Gasteiger partial charge in [0.1, 0.15) is 6.61 Å². The van der Waals surface area contributed by atoms with Crippen molar-refractivity contribution in [3.8, 4) is 0 Å². The van der Waals surface area contributed by atoms with Gasteiger partial charge in [-0.15, -0.1) is 0 Å². The summed E-state index contributed by atoms with van der Waals surface area (Å²) < 4.78 is 16.2. The number of rotatable bonds is 2. The van der Waals surface area contributed by atoms with Gasteiger partial charge >= 0.3 is 5.97 Å². The second kappa shape index (κ2) is 4.77. The Hall–Kier alpha value is -0.870. The monoisotopic (exact) mass is 212 g/mol. The molecule has 15 heavy (non-hydrogen) atoms. The van der Waals surface area contributed by atoms with Crippen LogP contribution >= 0.6 is 0 Å². The van der Waals surface area contributed by atoms with Crippen LogP contribution in [0.15, 0.2) is 12.7 Å². The summed E-state index contributed by atoms with van der Waals surface area (Å²) in [5.74, 6) is -0.460. The van der Waals surface area contributed by atoms with Gasteiger partial charge in [-0.05, 0) is 12.8 Å². The van der Waals surface area contributed by atoms with Gasteiger partial charge in [0.2, 0.25) is 6.29 Å². The average Bonchev–Trinajstić information content (AvgIpc) is 2.29. The van der Waals surface area contributed by atoms with Crippen molar-refractivity contribution in [3.05, 3.63) is 12.7 Å². The van der Waals surface area contributed by atoms with E-state index in [0.717, 1.165) is 25.3 Å². The van der Waals surface area contributed by atoms with Gasteiger partial charge in [0.15, 0.2) is 0 Å². The number of carbonyl (C=O) groups is 1. The number of esters is 1. The van der Waals surface area contributed by atoms with Gasteiger partial charge in [-0.2, -0.15) is 0 Å². The molecule has 0 amide bonds. The van der Waals surface area contributed by atoms with Crippen molar-refractivity contribution in [1.29, 1.82) is 0 Å². The van der Waals surface area contributed by atoms with Gasteiger partial charge in [-0.3, -0.25) is 0 Å². The highest BCUT2D eigenvalue weighted by Crippen LogP contribution is 2.28. The Morgan fingerprint density at radius 2 is 2.07 bits per heavy atom. The fourth-order valence-corrected chi connectivity index (χ4v) is 2.09. The molecule has 2 fully saturated rings. The van der Waals surface area contributed by atoms with Crippen molar-refractivity contribution >= 4 is 5.97 Å². The van der Waals surface area contributed by atoms with Gasteiger partial charge in [0, 0.05) is 6.08 Å². The summed E-state index contributed by atoms with van der Waals surface area (Å²) in [6.07, 6.45) is 5.26. The van der Waals surface area contributed by atoms with E-state index in [1.54, 1.807) is 0 Å². The van der Waals surface area contributed by atoms with Gasteiger partial charge in [-0.25, -0.2) is 4.79 Å². The van der Waals surface area contributed by atoms with Crippen LogP contribution in [0.2, 0.25) is 0 Å². The SMILES string of the molecule is C=CC(=O)OC1COC2CCCCC2O1. The molecule has 0 spiro atoms. The predicted octanol–water partition coefficient (Wildman–Crippen LogP) is 1.40. The third-order valence-electron chi connectivity index (χ3n) is 2.83. The molecular formula is C11H16O4. The fourth-order valence-electron chi connectivity index (χ4n) is 2.09. The van der Waals surface area contributed by atoms with E-state index in [-0.39, 0.29) is 12.2 Å². The Kier molecular flexibility index (Phi) is 3.38. The van der Waals surface area contributed by atoms with Crippen LogP contribution in [0.25, 0.3) is 0 Å². The van der Waals surface area contributed by atoms with Crippen LogP contribution in [0.4, 0.5) is 0 Å².